The molecule has 2 rings (SSSR count). The lowest BCUT2D eigenvalue weighted by Gasteiger charge is -2.23. The van der Waals surface area contributed by atoms with E-state index in [9.17, 15) is 0 Å². The number of halogens is 1. The van der Waals surface area contributed by atoms with Crippen molar-refractivity contribution in [3.05, 3.63) is 0 Å². The number of rotatable bonds is 5. The molecule has 2 aliphatic rings. The van der Waals surface area contributed by atoms with Crippen molar-refractivity contribution in [1.82, 2.24) is 5.32 Å². The van der Waals surface area contributed by atoms with Gasteiger partial charge in [0.2, 0.25) is 0 Å². The Labute approximate surface area is 134 Å². The predicted octanol–water partition coefficient (Wildman–Crippen LogP) is 2.80. The largest absolute Gasteiger partial charge is 0.376 e. The zero-order chi connectivity index (χ0) is 12.6. The lowest BCUT2D eigenvalue weighted by atomic mass is 9.96. The minimum Gasteiger partial charge on any atom is -0.376 e. The quantitative estimate of drug-likeness (QED) is 0.333. The van der Waals surface area contributed by atoms with Gasteiger partial charge in [-0.15, -0.1) is 24.0 Å². The van der Waals surface area contributed by atoms with Crippen LogP contribution < -0.4 is 11.1 Å². The van der Waals surface area contributed by atoms with Crippen LogP contribution in [0.3, 0.4) is 0 Å². The maximum absolute atomic E-state index is 5.88. The lowest BCUT2D eigenvalue weighted by molar-refractivity contribution is 0.0643. The molecule has 3 N–H and O–H groups in total. The fraction of sp³-hybridized carbons (Fsp3) is 0.929. The second-order valence-corrected chi connectivity index (χ2v) is 5.52. The molecule has 0 bridgehead atoms. The molecule has 0 heterocycles. The van der Waals surface area contributed by atoms with Crippen LogP contribution in [0.5, 0.6) is 0 Å². The van der Waals surface area contributed by atoms with E-state index in [-0.39, 0.29) is 24.0 Å². The molecule has 0 aromatic rings. The van der Waals surface area contributed by atoms with E-state index in [4.69, 9.17) is 10.5 Å². The second-order valence-electron chi connectivity index (χ2n) is 5.52. The molecule has 19 heavy (non-hydrogen) atoms. The average Bonchev–Trinajstić information content (AvgIpc) is 2.89. The highest BCUT2D eigenvalue weighted by atomic mass is 127. The zero-order valence-corrected chi connectivity index (χ0v) is 14.1. The zero-order valence-electron chi connectivity index (χ0n) is 11.8. The second kappa shape index (κ2) is 9.80. The van der Waals surface area contributed by atoms with Crippen LogP contribution in [0.2, 0.25) is 0 Å². The van der Waals surface area contributed by atoms with Crippen molar-refractivity contribution in [3.63, 3.8) is 0 Å². The molecular formula is C14H28IN3O. The summed E-state index contributed by atoms with van der Waals surface area (Å²) in [4.78, 5) is 4.34. The van der Waals surface area contributed by atoms with Crippen molar-refractivity contribution in [2.24, 2.45) is 10.7 Å². The standard InChI is InChI=1S/C14H27N3O.HI/c15-14(17-12-6-2-1-3-7-12)16-10-11-18-13-8-4-5-9-13;/h12-13H,1-11H2,(H3,15,16,17);1H. The van der Waals surface area contributed by atoms with Gasteiger partial charge in [-0.05, 0) is 25.7 Å². The molecule has 2 aliphatic carbocycles. The molecule has 0 saturated heterocycles. The van der Waals surface area contributed by atoms with Gasteiger partial charge in [0, 0.05) is 6.04 Å². The topological polar surface area (TPSA) is 59.6 Å². The van der Waals surface area contributed by atoms with Gasteiger partial charge < -0.3 is 15.8 Å². The molecule has 112 valence electrons. The van der Waals surface area contributed by atoms with Gasteiger partial charge in [-0.2, -0.15) is 0 Å². The van der Waals surface area contributed by atoms with Gasteiger partial charge in [0.15, 0.2) is 5.96 Å². The minimum absolute atomic E-state index is 0. The monoisotopic (exact) mass is 381 g/mol. The normalized spacial score (nSPS) is 22.2. The van der Waals surface area contributed by atoms with Gasteiger partial charge in [-0.25, -0.2) is 0 Å². The maximum Gasteiger partial charge on any atom is 0.188 e. The SMILES string of the molecule is I.NC(=NCCOC1CCCC1)NC1CCCCC1. The van der Waals surface area contributed by atoms with Crippen LogP contribution in [0.25, 0.3) is 0 Å². The summed E-state index contributed by atoms with van der Waals surface area (Å²) in [5, 5.41) is 3.32. The number of hydrogen-bond acceptors (Lipinski definition) is 2. The summed E-state index contributed by atoms with van der Waals surface area (Å²) >= 11 is 0. The predicted molar refractivity (Wildman–Crippen MR) is 90.1 cm³/mol. The lowest BCUT2D eigenvalue weighted by Crippen LogP contribution is -2.41. The summed E-state index contributed by atoms with van der Waals surface area (Å²) in [6, 6.07) is 0.540. The van der Waals surface area contributed by atoms with E-state index in [1.807, 2.05) is 0 Å². The molecule has 0 spiro atoms. The van der Waals surface area contributed by atoms with Gasteiger partial charge in [-0.1, -0.05) is 32.1 Å². The van der Waals surface area contributed by atoms with Crippen LogP contribution in [-0.2, 0) is 4.74 Å². The first kappa shape index (κ1) is 17.0. The van der Waals surface area contributed by atoms with Crippen LogP contribution in [-0.4, -0.2) is 31.3 Å². The Hall–Kier alpha value is -0.0400. The molecule has 0 unspecified atom stereocenters. The molecule has 0 amide bonds. The van der Waals surface area contributed by atoms with Crippen LogP contribution in [0.4, 0.5) is 0 Å². The summed E-state index contributed by atoms with van der Waals surface area (Å²) < 4.78 is 5.75. The third kappa shape index (κ3) is 6.79. The molecule has 5 heteroatoms. The van der Waals surface area contributed by atoms with Gasteiger partial charge in [0.1, 0.15) is 0 Å². The fourth-order valence-electron chi connectivity index (χ4n) is 2.94. The van der Waals surface area contributed by atoms with Crippen molar-refractivity contribution in [3.8, 4) is 0 Å². The van der Waals surface area contributed by atoms with Gasteiger partial charge in [0.25, 0.3) is 0 Å². The first-order valence-corrected chi connectivity index (χ1v) is 7.52. The van der Waals surface area contributed by atoms with Crippen LogP contribution in [0.1, 0.15) is 57.8 Å². The van der Waals surface area contributed by atoms with Crippen LogP contribution in [0, 0.1) is 0 Å². The highest BCUT2D eigenvalue weighted by Gasteiger charge is 2.15. The van der Waals surface area contributed by atoms with Gasteiger partial charge in [0.05, 0.1) is 19.3 Å². The average molecular weight is 381 g/mol. The molecule has 0 aromatic heterocycles. The Kier molecular flexibility index (Phi) is 8.77. The van der Waals surface area contributed by atoms with E-state index in [0.717, 1.165) is 0 Å². The summed E-state index contributed by atoms with van der Waals surface area (Å²) in [6.45, 7) is 1.39. The number of guanidine groups is 1. The number of ether oxygens (including phenoxy) is 1. The Morgan fingerprint density at radius 3 is 2.37 bits per heavy atom. The molecule has 0 atom stereocenters. The van der Waals surface area contributed by atoms with Crippen LogP contribution >= 0.6 is 24.0 Å². The Bertz CT molecular complexity index is 261. The number of aliphatic imine (C=N–C) groups is 1. The fourth-order valence-corrected chi connectivity index (χ4v) is 2.94. The van der Waals surface area contributed by atoms with Crippen molar-refractivity contribution in [2.75, 3.05) is 13.2 Å². The first-order chi connectivity index (χ1) is 8.84. The van der Waals surface area contributed by atoms with Crippen molar-refractivity contribution in [1.29, 1.82) is 0 Å². The third-order valence-electron chi connectivity index (χ3n) is 3.99. The maximum atomic E-state index is 5.88. The molecule has 2 fully saturated rings. The first-order valence-electron chi connectivity index (χ1n) is 7.52. The van der Waals surface area contributed by atoms with Crippen molar-refractivity contribution >= 4 is 29.9 Å². The van der Waals surface area contributed by atoms with E-state index < -0.39 is 0 Å². The molecule has 0 radical (unpaired) electrons. The summed E-state index contributed by atoms with van der Waals surface area (Å²) in [5.41, 5.74) is 5.88. The minimum atomic E-state index is 0. The van der Waals surface area contributed by atoms with E-state index in [1.54, 1.807) is 0 Å². The van der Waals surface area contributed by atoms with Crippen LogP contribution in [0.15, 0.2) is 4.99 Å². The van der Waals surface area contributed by atoms with Crippen molar-refractivity contribution in [2.45, 2.75) is 69.9 Å². The Morgan fingerprint density at radius 1 is 1.05 bits per heavy atom. The molecule has 4 nitrogen and oxygen atoms in total. The number of nitrogens with two attached hydrogens (primary N) is 1. The van der Waals surface area contributed by atoms with Crippen molar-refractivity contribution < 1.29 is 4.74 Å². The Morgan fingerprint density at radius 2 is 1.68 bits per heavy atom. The third-order valence-corrected chi connectivity index (χ3v) is 3.99. The van der Waals surface area contributed by atoms with E-state index >= 15 is 0 Å². The van der Waals surface area contributed by atoms with Gasteiger partial charge in [-0.3, -0.25) is 4.99 Å². The molecular weight excluding hydrogens is 353 g/mol. The van der Waals surface area contributed by atoms with E-state index in [1.165, 1.54) is 57.8 Å². The molecule has 0 aliphatic heterocycles. The highest BCUT2D eigenvalue weighted by Crippen LogP contribution is 2.20. The summed E-state index contributed by atoms with van der Waals surface area (Å²) in [5.74, 6) is 0.594. The molecule has 0 aromatic carbocycles. The van der Waals surface area contributed by atoms with E-state index in [2.05, 4.69) is 10.3 Å². The molecule has 2 saturated carbocycles. The summed E-state index contributed by atoms with van der Waals surface area (Å²) in [6.07, 6.45) is 12.0. The number of nitrogens with one attached hydrogen (secondary N) is 1. The Balaban J connectivity index is 0.00000180. The van der Waals surface area contributed by atoms with E-state index in [0.29, 0.717) is 31.3 Å². The smallest absolute Gasteiger partial charge is 0.188 e. The van der Waals surface area contributed by atoms with Gasteiger partial charge >= 0.3 is 0 Å². The number of nitrogens with zero attached hydrogens (tertiary/aromatic N) is 1. The highest BCUT2D eigenvalue weighted by molar-refractivity contribution is 14.0. The number of hydrogen-bond donors (Lipinski definition) is 2. The summed E-state index contributed by atoms with van der Waals surface area (Å²) in [7, 11) is 0.